The van der Waals surface area contributed by atoms with Gasteiger partial charge in [-0.1, -0.05) is 28.1 Å². The summed E-state index contributed by atoms with van der Waals surface area (Å²) in [5.74, 6) is -0.257. The third-order valence-electron chi connectivity index (χ3n) is 5.84. The smallest absolute Gasteiger partial charge is 0.307 e. The summed E-state index contributed by atoms with van der Waals surface area (Å²) >= 11 is 9.28. The van der Waals surface area contributed by atoms with Crippen LogP contribution in [0.2, 0.25) is 0 Å². The number of benzene rings is 1. The first-order chi connectivity index (χ1) is 15.4. The van der Waals surface area contributed by atoms with E-state index in [1.165, 1.54) is 7.11 Å². The highest BCUT2D eigenvalue weighted by atomic mass is 79.9. The second-order valence-corrected chi connectivity index (χ2v) is 9.09. The number of pyridine rings is 1. The van der Waals surface area contributed by atoms with Crippen molar-refractivity contribution >= 4 is 39.2 Å². The van der Waals surface area contributed by atoms with Crippen molar-refractivity contribution in [2.24, 2.45) is 0 Å². The van der Waals surface area contributed by atoms with Crippen LogP contribution in [-0.2, 0) is 9.53 Å². The molecule has 0 unspecified atom stereocenters. The lowest BCUT2D eigenvalue weighted by atomic mass is 9.96. The number of esters is 1. The maximum Gasteiger partial charge on any atom is 0.307 e. The van der Waals surface area contributed by atoms with E-state index < -0.39 is 0 Å². The summed E-state index contributed by atoms with van der Waals surface area (Å²) in [6.07, 6.45) is 2.05. The van der Waals surface area contributed by atoms with E-state index in [9.17, 15) is 4.79 Å². The van der Waals surface area contributed by atoms with Gasteiger partial charge in [-0.05, 0) is 68.0 Å². The van der Waals surface area contributed by atoms with Crippen LogP contribution in [0.25, 0.3) is 5.69 Å². The predicted octanol–water partition coefficient (Wildman–Crippen LogP) is 4.79. The molecular formula is C24H25BrN4O2S. The van der Waals surface area contributed by atoms with Crippen molar-refractivity contribution in [2.75, 3.05) is 13.7 Å². The maximum absolute atomic E-state index is 11.9. The first-order valence-electron chi connectivity index (χ1n) is 10.4. The Morgan fingerprint density at radius 2 is 2.03 bits per heavy atom. The number of thiocarbonyl (C=S) groups is 1. The molecule has 1 saturated heterocycles. The minimum Gasteiger partial charge on any atom is -0.469 e. The molecule has 1 aliphatic heterocycles. The summed E-state index contributed by atoms with van der Waals surface area (Å²) in [7, 11) is 1.41. The van der Waals surface area contributed by atoms with Gasteiger partial charge in [0.05, 0.1) is 31.3 Å². The van der Waals surface area contributed by atoms with Gasteiger partial charge in [-0.25, -0.2) is 0 Å². The minimum absolute atomic E-state index is 0.103. The standard InChI is InChI=1S/C24H25BrN4O2S/c1-15-13-19(16(2)29(15)18-8-6-7-17(25)14-18)23-22(20-9-4-5-11-26-20)27-24(32)28(23)12-10-21(30)31-3/h4-9,11,13-14,22-23H,10,12H2,1-3H3,(H,27,32)/t22-,23-/m1/s1. The van der Waals surface area contributed by atoms with Gasteiger partial charge < -0.3 is 19.5 Å². The second-order valence-electron chi connectivity index (χ2n) is 7.79. The van der Waals surface area contributed by atoms with Gasteiger partial charge in [0.25, 0.3) is 0 Å². The van der Waals surface area contributed by atoms with Crippen molar-refractivity contribution in [2.45, 2.75) is 32.4 Å². The number of rotatable bonds is 6. The van der Waals surface area contributed by atoms with Gasteiger partial charge in [-0.15, -0.1) is 0 Å². The molecule has 1 aromatic carbocycles. The number of carbonyl (C=O) groups is 1. The van der Waals surface area contributed by atoms with Crippen LogP contribution in [-0.4, -0.2) is 39.2 Å². The Labute approximate surface area is 201 Å². The molecule has 3 aromatic rings. The number of halogens is 1. The van der Waals surface area contributed by atoms with Crippen molar-refractivity contribution in [3.05, 3.63) is 81.8 Å². The van der Waals surface area contributed by atoms with E-state index in [0.717, 1.165) is 32.8 Å². The zero-order valence-electron chi connectivity index (χ0n) is 18.2. The van der Waals surface area contributed by atoms with Crippen molar-refractivity contribution in [3.63, 3.8) is 0 Å². The molecule has 32 heavy (non-hydrogen) atoms. The van der Waals surface area contributed by atoms with Crippen LogP contribution in [0.4, 0.5) is 0 Å². The SMILES string of the molecule is COC(=O)CCN1C(=S)N[C@H](c2ccccn2)[C@H]1c1cc(C)n(-c2cccc(Br)c2)c1C. The van der Waals surface area contributed by atoms with Crippen LogP contribution < -0.4 is 5.32 Å². The maximum atomic E-state index is 11.9. The van der Waals surface area contributed by atoms with Gasteiger partial charge in [-0.3, -0.25) is 9.78 Å². The molecule has 1 aliphatic rings. The minimum atomic E-state index is -0.257. The fourth-order valence-corrected chi connectivity index (χ4v) is 5.12. The molecule has 166 valence electrons. The van der Waals surface area contributed by atoms with Crippen molar-refractivity contribution in [1.82, 2.24) is 19.8 Å². The summed E-state index contributed by atoms with van der Waals surface area (Å²) in [5.41, 5.74) is 5.40. The third-order valence-corrected chi connectivity index (χ3v) is 6.68. The van der Waals surface area contributed by atoms with Crippen LogP contribution in [0.3, 0.4) is 0 Å². The van der Waals surface area contributed by atoms with Gasteiger partial charge >= 0.3 is 5.97 Å². The Hall–Kier alpha value is -2.71. The summed E-state index contributed by atoms with van der Waals surface area (Å²) in [5, 5.41) is 4.05. The Bertz CT molecular complexity index is 1150. The summed E-state index contributed by atoms with van der Waals surface area (Å²) in [4.78, 5) is 18.6. The Kier molecular flexibility index (Phi) is 6.62. The normalized spacial score (nSPS) is 18.0. The number of ether oxygens (including phenoxy) is 1. The van der Waals surface area contributed by atoms with Gasteiger partial charge in [0, 0.05) is 34.3 Å². The lowest BCUT2D eigenvalue weighted by molar-refractivity contribution is -0.140. The molecule has 8 heteroatoms. The number of aromatic nitrogens is 2. The molecule has 0 aliphatic carbocycles. The molecule has 2 aromatic heterocycles. The Balaban J connectivity index is 1.80. The number of nitrogens with zero attached hydrogens (tertiary/aromatic N) is 3. The van der Waals surface area contributed by atoms with Gasteiger partial charge in [0.2, 0.25) is 0 Å². The highest BCUT2D eigenvalue weighted by Gasteiger charge is 2.41. The van der Waals surface area contributed by atoms with Crippen molar-refractivity contribution in [3.8, 4) is 5.69 Å². The molecule has 0 amide bonds. The molecule has 1 fully saturated rings. The summed E-state index contributed by atoms with van der Waals surface area (Å²) < 4.78 is 8.14. The van der Waals surface area contributed by atoms with E-state index in [-0.39, 0.29) is 24.5 Å². The van der Waals surface area contributed by atoms with E-state index in [1.54, 1.807) is 6.20 Å². The second kappa shape index (κ2) is 9.42. The largest absolute Gasteiger partial charge is 0.469 e. The van der Waals surface area contributed by atoms with E-state index in [1.807, 2.05) is 30.3 Å². The lowest BCUT2D eigenvalue weighted by Gasteiger charge is -2.28. The first kappa shape index (κ1) is 22.5. The Morgan fingerprint density at radius 1 is 1.22 bits per heavy atom. The first-order valence-corrected chi connectivity index (χ1v) is 11.6. The van der Waals surface area contributed by atoms with E-state index in [0.29, 0.717) is 11.7 Å². The molecule has 3 heterocycles. The third kappa shape index (κ3) is 4.29. The highest BCUT2D eigenvalue weighted by molar-refractivity contribution is 9.10. The fraction of sp³-hybridized carbons (Fsp3) is 0.292. The van der Waals surface area contributed by atoms with Crippen molar-refractivity contribution < 1.29 is 9.53 Å². The van der Waals surface area contributed by atoms with Crippen molar-refractivity contribution in [1.29, 1.82) is 0 Å². The summed E-state index contributed by atoms with van der Waals surface area (Å²) in [6.45, 7) is 4.69. The molecule has 0 bridgehead atoms. The van der Waals surface area contributed by atoms with Gasteiger partial charge in [-0.2, -0.15) is 0 Å². The molecule has 2 atom stereocenters. The quantitative estimate of drug-likeness (QED) is 0.378. The average Bonchev–Trinajstić information content (AvgIpc) is 3.27. The summed E-state index contributed by atoms with van der Waals surface area (Å²) in [6, 6.07) is 16.1. The number of hydrogen-bond donors (Lipinski definition) is 1. The predicted molar refractivity (Wildman–Crippen MR) is 132 cm³/mol. The fourth-order valence-electron chi connectivity index (χ4n) is 4.40. The zero-order chi connectivity index (χ0) is 22.8. The van der Waals surface area contributed by atoms with E-state index >= 15 is 0 Å². The number of aryl methyl sites for hydroxylation is 1. The van der Waals surface area contributed by atoms with Crippen LogP contribution >= 0.6 is 28.1 Å². The number of carbonyl (C=O) groups excluding carboxylic acids is 1. The Morgan fingerprint density at radius 3 is 2.72 bits per heavy atom. The molecule has 0 spiro atoms. The molecular weight excluding hydrogens is 488 g/mol. The molecule has 6 nitrogen and oxygen atoms in total. The number of methoxy groups -OCH3 is 1. The van der Waals surface area contributed by atoms with Crippen LogP contribution in [0.5, 0.6) is 0 Å². The van der Waals surface area contributed by atoms with E-state index in [4.69, 9.17) is 17.0 Å². The molecule has 4 rings (SSSR count). The monoisotopic (exact) mass is 512 g/mol. The van der Waals surface area contributed by atoms with Crippen LogP contribution in [0.1, 0.15) is 41.1 Å². The highest BCUT2D eigenvalue weighted by Crippen LogP contribution is 2.41. The zero-order valence-corrected chi connectivity index (χ0v) is 20.6. The van der Waals surface area contributed by atoms with Crippen LogP contribution in [0.15, 0.2) is 59.2 Å². The van der Waals surface area contributed by atoms with Gasteiger partial charge in [0.15, 0.2) is 5.11 Å². The average molecular weight is 513 g/mol. The molecule has 0 saturated carbocycles. The van der Waals surface area contributed by atoms with Gasteiger partial charge in [0.1, 0.15) is 0 Å². The topological polar surface area (TPSA) is 59.4 Å². The number of hydrogen-bond acceptors (Lipinski definition) is 4. The number of nitrogens with one attached hydrogen (secondary N) is 1. The molecule has 0 radical (unpaired) electrons. The lowest BCUT2D eigenvalue weighted by Crippen LogP contribution is -2.32. The van der Waals surface area contributed by atoms with E-state index in [2.05, 4.69) is 67.7 Å². The van der Waals surface area contributed by atoms with Crippen LogP contribution in [0, 0.1) is 13.8 Å². The molecule has 1 N–H and O–H groups in total.